The van der Waals surface area contributed by atoms with Gasteiger partial charge >= 0.3 is 0 Å². The van der Waals surface area contributed by atoms with Crippen molar-refractivity contribution in [3.05, 3.63) is 21.9 Å². The Balaban J connectivity index is 2.53. The number of hydrogen-bond acceptors (Lipinski definition) is 4. The zero-order chi connectivity index (χ0) is 11.1. The van der Waals surface area contributed by atoms with E-state index in [0.29, 0.717) is 24.4 Å². The number of carbonyl (C=O) groups is 1. The predicted octanol–water partition coefficient (Wildman–Crippen LogP) is 1.01. The number of aliphatic hydroxyl groups is 1. The second-order valence-corrected chi connectivity index (χ2v) is 3.96. The van der Waals surface area contributed by atoms with Gasteiger partial charge in [-0.3, -0.25) is 4.79 Å². The standard InChI is InChI=1S/C10H15NO3S/c1-14-7-8-3-6-15-9(8)10(13)11-4-2-5-12/h3,6,12H,2,4-5,7H2,1H3,(H,11,13). The van der Waals surface area contributed by atoms with Gasteiger partial charge in [0, 0.05) is 25.8 Å². The van der Waals surface area contributed by atoms with Crippen LogP contribution in [0.5, 0.6) is 0 Å². The molecule has 1 heterocycles. The molecule has 0 atom stereocenters. The Kier molecular flexibility index (Phi) is 5.31. The van der Waals surface area contributed by atoms with Gasteiger partial charge in [0.05, 0.1) is 11.5 Å². The van der Waals surface area contributed by atoms with Crippen molar-refractivity contribution >= 4 is 17.2 Å². The van der Waals surface area contributed by atoms with Crippen LogP contribution in [-0.2, 0) is 11.3 Å². The van der Waals surface area contributed by atoms with Crippen molar-refractivity contribution in [2.75, 3.05) is 20.3 Å². The normalized spacial score (nSPS) is 10.3. The number of nitrogens with one attached hydrogen (secondary N) is 1. The summed E-state index contributed by atoms with van der Waals surface area (Å²) in [6.45, 7) is 1.04. The van der Waals surface area contributed by atoms with E-state index in [4.69, 9.17) is 9.84 Å². The molecular weight excluding hydrogens is 214 g/mol. The molecule has 0 radical (unpaired) electrons. The number of hydrogen-bond donors (Lipinski definition) is 2. The van der Waals surface area contributed by atoms with Crippen molar-refractivity contribution in [1.29, 1.82) is 0 Å². The second-order valence-electron chi connectivity index (χ2n) is 3.04. The maximum Gasteiger partial charge on any atom is 0.261 e. The minimum Gasteiger partial charge on any atom is -0.396 e. The van der Waals surface area contributed by atoms with Crippen molar-refractivity contribution < 1.29 is 14.6 Å². The molecule has 0 aromatic carbocycles. The van der Waals surface area contributed by atoms with Crippen LogP contribution in [0.3, 0.4) is 0 Å². The van der Waals surface area contributed by atoms with Crippen LogP contribution in [0.25, 0.3) is 0 Å². The van der Waals surface area contributed by atoms with E-state index in [1.807, 2.05) is 11.4 Å². The predicted molar refractivity (Wildman–Crippen MR) is 59.1 cm³/mol. The lowest BCUT2D eigenvalue weighted by molar-refractivity contribution is 0.0951. The van der Waals surface area contributed by atoms with Crippen LogP contribution >= 0.6 is 11.3 Å². The Hall–Kier alpha value is -0.910. The van der Waals surface area contributed by atoms with Gasteiger partial charge in [0.2, 0.25) is 0 Å². The number of carbonyl (C=O) groups excluding carboxylic acids is 1. The first-order valence-corrected chi connectivity index (χ1v) is 5.62. The van der Waals surface area contributed by atoms with Gasteiger partial charge in [-0.25, -0.2) is 0 Å². The summed E-state index contributed by atoms with van der Waals surface area (Å²) in [5.74, 6) is -0.0921. The Labute approximate surface area is 92.9 Å². The van der Waals surface area contributed by atoms with Crippen molar-refractivity contribution in [2.24, 2.45) is 0 Å². The summed E-state index contributed by atoms with van der Waals surface area (Å²) in [4.78, 5) is 12.3. The lowest BCUT2D eigenvalue weighted by Gasteiger charge is -2.04. The van der Waals surface area contributed by atoms with Gasteiger partial charge in [-0.2, -0.15) is 0 Å². The van der Waals surface area contributed by atoms with E-state index in [1.54, 1.807) is 7.11 Å². The Morgan fingerprint density at radius 2 is 2.47 bits per heavy atom. The van der Waals surface area contributed by atoms with E-state index in [9.17, 15) is 4.79 Å². The molecule has 5 heteroatoms. The summed E-state index contributed by atoms with van der Waals surface area (Å²) in [5.41, 5.74) is 0.906. The van der Waals surface area contributed by atoms with Gasteiger partial charge in [0.15, 0.2) is 0 Å². The summed E-state index contributed by atoms with van der Waals surface area (Å²) in [5, 5.41) is 13.2. The SMILES string of the molecule is COCc1ccsc1C(=O)NCCCO. The minimum atomic E-state index is -0.0921. The van der Waals surface area contributed by atoms with Gasteiger partial charge in [0.25, 0.3) is 5.91 Å². The monoisotopic (exact) mass is 229 g/mol. The molecule has 1 rings (SSSR count). The molecule has 0 saturated heterocycles. The Morgan fingerprint density at radius 1 is 1.67 bits per heavy atom. The van der Waals surface area contributed by atoms with Crippen molar-refractivity contribution in [3.8, 4) is 0 Å². The molecule has 1 aromatic heterocycles. The second kappa shape index (κ2) is 6.55. The Morgan fingerprint density at radius 3 is 3.13 bits per heavy atom. The largest absolute Gasteiger partial charge is 0.396 e. The third-order valence-electron chi connectivity index (χ3n) is 1.87. The zero-order valence-corrected chi connectivity index (χ0v) is 9.47. The fourth-order valence-corrected chi connectivity index (χ4v) is 1.99. The van der Waals surface area contributed by atoms with Crippen LogP contribution in [-0.4, -0.2) is 31.3 Å². The molecule has 4 nitrogen and oxygen atoms in total. The molecule has 1 aromatic rings. The lowest BCUT2D eigenvalue weighted by atomic mass is 10.2. The minimum absolute atomic E-state index is 0.0921. The summed E-state index contributed by atoms with van der Waals surface area (Å²) in [7, 11) is 1.60. The third kappa shape index (κ3) is 3.62. The molecule has 1 amide bonds. The average Bonchev–Trinajstić information content (AvgIpc) is 2.67. The summed E-state index contributed by atoms with van der Waals surface area (Å²) < 4.78 is 4.99. The van der Waals surface area contributed by atoms with E-state index in [2.05, 4.69) is 5.32 Å². The molecule has 0 bridgehead atoms. The highest BCUT2D eigenvalue weighted by atomic mass is 32.1. The number of amides is 1. The molecule has 0 unspecified atom stereocenters. The van der Waals surface area contributed by atoms with Gasteiger partial charge < -0.3 is 15.2 Å². The van der Waals surface area contributed by atoms with Crippen molar-refractivity contribution in [3.63, 3.8) is 0 Å². The molecule has 0 aliphatic carbocycles. The van der Waals surface area contributed by atoms with Crippen LogP contribution in [0.15, 0.2) is 11.4 Å². The number of ether oxygens (including phenoxy) is 1. The highest BCUT2D eigenvalue weighted by Crippen LogP contribution is 2.17. The molecule has 2 N–H and O–H groups in total. The van der Waals surface area contributed by atoms with Gasteiger partial charge in [0.1, 0.15) is 0 Å². The van der Waals surface area contributed by atoms with Crippen molar-refractivity contribution in [1.82, 2.24) is 5.32 Å². The van der Waals surface area contributed by atoms with E-state index >= 15 is 0 Å². The summed E-state index contributed by atoms with van der Waals surface area (Å²) in [6, 6.07) is 1.88. The van der Waals surface area contributed by atoms with Crippen LogP contribution in [0, 0.1) is 0 Å². The topological polar surface area (TPSA) is 58.6 Å². The van der Waals surface area contributed by atoms with Crippen molar-refractivity contribution in [2.45, 2.75) is 13.0 Å². The van der Waals surface area contributed by atoms with Crippen LogP contribution in [0.2, 0.25) is 0 Å². The summed E-state index contributed by atoms with van der Waals surface area (Å²) in [6.07, 6.45) is 0.580. The van der Waals surface area contributed by atoms with Gasteiger partial charge in [-0.15, -0.1) is 11.3 Å². The third-order valence-corrected chi connectivity index (χ3v) is 2.83. The first-order valence-electron chi connectivity index (χ1n) is 4.74. The fourth-order valence-electron chi connectivity index (χ4n) is 1.17. The number of methoxy groups -OCH3 is 1. The highest BCUT2D eigenvalue weighted by molar-refractivity contribution is 7.12. The highest BCUT2D eigenvalue weighted by Gasteiger charge is 2.11. The smallest absolute Gasteiger partial charge is 0.261 e. The molecule has 0 spiro atoms. The first kappa shape index (κ1) is 12.2. The van der Waals surface area contributed by atoms with Crippen LogP contribution < -0.4 is 5.32 Å². The molecule has 0 saturated carbocycles. The molecule has 84 valence electrons. The summed E-state index contributed by atoms with van der Waals surface area (Å²) >= 11 is 1.40. The molecule has 0 fully saturated rings. The van der Waals surface area contributed by atoms with Crippen LogP contribution in [0.1, 0.15) is 21.7 Å². The van der Waals surface area contributed by atoms with E-state index in [1.165, 1.54) is 11.3 Å². The lowest BCUT2D eigenvalue weighted by Crippen LogP contribution is -2.25. The van der Waals surface area contributed by atoms with Gasteiger partial charge in [-0.1, -0.05) is 0 Å². The molecular formula is C10H15NO3S. The quantitative estimate of drug-likeness (QED) is 0.716. The fraction of sp³-hybridized carbons (Fsp3) is 0.500. The molecule has 0 aliphatic heterocycles. The number of rotatable bonds is 6. The van der Waals surface area contributed by atoms with E-state index in [-0.39, 0.29) is 12.5 Å². The molecule has 15 heavy (non-hydrogen) atoms. The Bertz CT molecular complexity index is 311. The number of thiophene rings is 1. The molecule has 0 aliphatic rings. The average molecular weight is 229 g/mol. The first-order chi connectivity index (χ1) is 7.29. The maximum absolute atomic E-state index is 11.6. The van der Waals surface area contributed by atoms with E-state index < -0.39 is 0 Å². The van der Waals surface area contributed by atoms with E-state index in [0.717, 1.165) is 5.56 Å². The zero-order valence-electron chi connectivity index (χ0n) is 8.66. The van der Waals surface area contributed by atoms with Crippen LogP contribution in [0.4, 0.5) is 0 Å². The number of aliphatic hydroxyl groups excluding tert-OH is 1. The van der Waals surface area contributed by atoms with Gasteiger partial charge in [-0.05, 0) is 17.9 Å². The maximum atomic E-state index is 11.6.